The summed E-state index contributed by atoms with van der Waals surface area (Å²) in [6.07, 6.45) is 0. The summed E-state index contributed by atoms with van der Waals surface area (Å²) in [7, 11) is 4.83. The first-order chi connectivity index (χ1) is 11.8. The Kier molecular flexibility index (Phi) is 5.97. The van der Waals surface area contributed by atoms with Crippen molar-refractivity contribution >= 4 is 39.3 Å². The van der Waals surface area contributed by atoms with Crippen LogP contribution in [-0.2, 0) is 4.79 Å². The van der Waals surface area contributed by atoms with E-state index in [4.69, 9.17) is 4.42 Å². The first-order valence-electron chi connectivity index (χ1n) is 7.40. The third kappa shape index (κ3) is 4.93. The highest BCUT2D eigenvalue weighted by atomic mass is 79.9. The molecule has 2 aromatic rings. The van der Waals surface area contributed by atoms with Crippen molar-refractivity contribution < 1.29 is 18.8 Å². The fourth-order valence-electron chi connectivity index (χ4n) is 1.96. The van der Waals surface area contributed by atoms with Gasteiger partial charge in [-0.25, -0.2) is 0 Å². The second-order valence-corrected chi connectivity index (χ2v) is 6.37. The molecule has 0 atom stereocenters. The first kappa shape index (κ1) is 18.7. The number of hydrogen-bond acceptors (Lipinski definition) is 4. The first-order valence-corrected chi connectivity index (χ1v) is 8.19. The van der Waals surface area contributed by atoms with Crippen LogP contribution < -0.4 is 5.32 Å². The molecular weight excluding hydrogens is 390 g/mol. The van der Waals surface area contributed by atoms with Gasteiger partial charge in [-0.05, 0) is 52.3 Å². The van der Waals surface area contributed by atoms with Crippen LogP contribution in [0, 0.1) is 0 Å². The SMILES string of the molecule is CN(C)C(=O)CN(C)C(=O)c1ccc(NC(=O)c2ccc(Br)o2)cc1. The lowest BCUT2D eigenvalue weighted by atomic mass is 10.2. The average molecular weight is 408 g/mol. The van der Waals surface area contributed by atoms with Crippen molar-refractivity contribution in [2.45, 2.75) is 0 Å². The second kappa shape index (κ2) is 7.98. The minimum atomic E-state index is -0.390. The van der Waals surface area contributed by atoms with Crippen molar-refractivity contribution in [1.82, 2.24) is 9.80 Å². The molecule has 0 aliphatic carbocycles. The van der Waals surface area contributed by atoms with E-state index >= 15 is 0 Å². The predicted molar refractivity (Wildman–Crippen MR) is 96.5 cm³/mol. The van der Waals surface area contributed by atoms with Gasteiger partial charge in [-0.15, -0.1) is 0 Å². The Balaban J connectivity index is 2.00. The maximum atomic E-state index is 12.3. The number of furan rings is 1. The van der Waals surface area contributed by atoms with Crippen molar-refractivity contribution in [3.8, 4) is 0 Å². The third-order valence-electron chi connectivity index (χ3n) is 3.40. The van der Waals surface area contributed by atoms with E-state index in [2.05, 4.69) is 21.2 Å². The number of carbonyl (C=O) groups excluding carboxylic acids is 3. The largest absolute Gasteiger partial charge is 0.444 e. The lowest BCUT2D eigenvalue weighted by Crippen LogP contribution is -2.37. The lowest BCUT2D eigenvalue weighted by molar-refractivity contribution is -0.129. The number of halogens is 1. The molecule has 2 rings (SSSR count). The van der Waals surface area contributed by atoms with Gasteiger partial charge in [0.2, 0.25) is 5.91 Å². The van der Waals surface area contributed by atoms with E-state index in [-0.39, 0.29) is 24.1 Å². The summed E-state index contributed by atoms with van der Waals surface area (Å²) >= 11 is 3.13. The molecule has 1 aromatic carbocycles. The standard InChI is InChI=1S/C17H18BrN3O4/c1-20(2)15(22)10-21(3)17(24)11-4-6-12(7-5-11)19-16(23)13-8-9-14(18)25-13/h4-9H,10H2,1-3H3,(H,19,23). The Labute approximate surface area is 153 Å². The number of amides is 3. The molecule has 1 heterocycles. The molecular formula is C17H18BrN3O4. The van der Waals surface area contributed by atoms with Crippen molar-refractivity contribution in [3.05, 3.63) is 52.4 Å². The molecule has 0 radical (unpaired) electrons. The molecule has 132 valence electrons. The van der Waals surface area contributed by atoms with Crippen LogP contribution in [0.25, 0.3) is 0 Å². The third-order valence-corrected chi connectivity index (χ3v) is 3.83. The van der Waals surface area contributed by atoms with E-state index < -0.39 is 5.91 Å². The highest BCUT2D eigenvalue weighted by molar-refractivity contribution is 9.10. The number of nitrogens with zero attached hydrogens (tertiary/aromatic N) is 2. The van der Waals surface area contributed by atoms with Crippen LogP contribution in [0.3, 0.4) is 0 Å². The van der Waals surface area contributed by atoms with Crippen molar-refractivity contribution in [2.24, 2.45) is 0 Å². The summed E-state index contributed by atoms with van der Waals surface area (Å²) in [5, 5.41) is 2.67. The summed E-state index contributed by atoms with van der Waals surface area (Å²) in [5.74, 6) is -0.653. The van der Waals surface area contributed by atoms with E-state index in [1.165, 1.54) is 9.80 Å². The molecule has 0 unspecified atom stereocenters. The highest BCUT2D eigenvalue weighted by Crippen LogP contribution is 2.17. The molecule has 25 heavy (non-hydrogen) atoms. The van der Waals surface area contributed by atoms with Crippen LogP contribution in [0.4, 0.5) is 5.69 Å². The summed E-state index contributed by atoms with van der Waals surface area (Å²) < 4.78 is 5.64. The van der Waals surface area contributed by atoms with Gasteiger partial charge >= 0.3 is 0 Å². The van der Waals surface area contributed by atoms with Crippen LogP contribution in [0.2, 0.25) is 0 Å². The zero-order valence-electron chi connectivity index (χ0n) is 14.1. The van der Waals surface area contributed by atoms with Gasteiger partial charge in [0.15, 0.2) is 10.4 Å². The van der Waals surface area contributed by atoms with E-state index in [0.29, 0.717) is 15.9 Å². The van der Waals surface area contributed by atoms with Crippen LogP contribution in [0.5, 0.6) is 0 Å². The van der Waals surface area contributed by atoms with E-state index in [9.17, 15) is 14.4 Å². The fourth-order valence-corrected chi connectivity index (χ4v) is 2.27. The van der Waals surface area contributed by atoms with E-state index in [1.807, 2.05) is 0 Å². The summed E-state index contributed by atoms with van der Waals surface area (Å²) in [6, 6.07) is 9.59. The Morgan fingerprint density at radius 3 is 2.20 bits per heavy atom. The molecule has 0 aliphatic rings. The Hall–Kier alpha value is -2.61. The van der Waals surface area contributed by atoms with Gasteiger partial charge in [0.1, 0.15) is 0 Å². The molecule has 3 amide bonds. The number of benzene rings is 1. The monoisotopic (exact) mass is 407 g/mol. The molecule has 1 aromatic heterocycles. The smallest absolute Gasteiger partial charge is 0.291 e. The van der Waals surface area contributed by atoms with E-state index in [0.717, 1.165) is 0 Å². The predicted octanol–water partition coefficient (Wildman–Crippen LogP) is 2.45. The van der Waals surface area contributed by atoms with Gasteiger partial charge in [-0.3, -0.25) is 14.4 Å². The van der Waals surface area contributed by atoms with E-state index in [1.54, 1.807) is 57.5 Å². The van der Waals surface area contributed by atoms with Gasteiger partial charge in [0.25, 0.3) is 11.8 Å². The normalized spacial score (nSPS) is 10.2. The Morgan fingerprint density at radius 2 is 1.68 bits per heavy atom. The Bertz CT molecular complexity index is 783. The van der Waals surface area contributed by atoms with Crippen LogP contribution >= 0.6 is 15.9 Å². The number of carbonyl (C=O) groups is 3. The minimum Gasteiger partial charge on any atom is -0.444 e. The molecule has 0 aliphatic heterocycles. The quantitative estimate of drug-likeness (QED) is 0.824. The lowest BCUT2D eigenvalue weighted by Gasteiger charge is -2.19. The van der Waals surface area contributed by atoms with Crippen molar-refractivity contribution in [2.75, 3.05) is 33.0 Å². The molecule has 0 saturated heterocycles. The topological polar surface area (TPSA) is 82.9 Å². The number of nitrogens with one attached hydrogen (secondary N) is 1. The van der Waals surface area contributed by atoms with Crippen molar-refractivity contribution in [1.29, 1.82) is 0 Å². The van der Waals surface area contributed by atoms with Gasteiger partial charge in [0, 0.05) is 32.4 Å². The number of anilines is 1. The van der Waals surface area contributed by atoms with Gasteiger partial charge < -0.3 is 19.5 Å². The van der Waals surface area contributed by atoms with Crippen LogP contribution in [-0.4, -0.2) is 55.2 Å². The second-order valence-electron chi connectivity index (χ2n) is 5.58. The number of hydrogen-bond donors (Lipinski definition) is 1. The van der Waals surface area contributed by atoms with Crippen molar-refractivity contribution in [3.63, 3.8) is 0 Å². The maximum absolute atomic E-state index is 12.3. The molecule has 0 spiro atoms. The summed E-state index contributed by atoms with van der Waals surface area (Å²) in [6.45, 7) is -0.00229. The number of rotatable bonds is 5. The molecule has 1 N–H and O–H groups in total. The molecule has 0 saturated carbocycles. The zero-order valence-corrected chi connectivity index (χ0v) is 15.7. The average Bonchev–Trinajstić information content (AvgIpc) is 3.01. The Morgan fingerprint density at radius 1 is 1.04 bits per heavy atom. The van der Waals surface area contributed by atoms with Gasteiger partial charge in [-0.2, -0.15) is 0 Å². The minimum absolute atomic E-state index is 0.00229. The maximum Gasteiger partial charge on any atom is 0.291 e. The zero-order chi connectivity index (χ0) is 18.6. The van der Waals surface area contributed by atoms with Crippen LogP contribution in [0.1, 0.15) is 20.9 Å². The fraction of sp³-hybridized carbons (Fsp3) is 0.235. The number of likely N-dealkylation sites (N-methyl/N-ethyl adjacent to an activating group) is 2. The molecule has 0 fully saturated rings. The summed E-state index contributed by atoms with van der Waals surface area (Å²) in [5.41, 5.74) is 0.953. The van der Waals surface area contributed by atoms with Gasteiger partial charge in [-0.1, -0.05) is 0 Å². The molecule has 0 bridgehead atoms. The van der Waals surface area contributed by atoms with Crippen LogP contribution in [0.15, 0.2) is 45.5 Å². The van der Waals surface area contributed by atoms with Gasteiger partial charge in [0.05, 0.1) is 6.54 Å². The summed E-state index contributed by atoms with van der Waals surface area (Å²) in [4.78, 5) is 38.7. The molecule has 8 heteroatoms. The molecule has 7 nitrogen and oxygen atoms in total. The highest BCUT2D eigenvalue weighted by Gasteiger charge is 2.16.